The minimum Gasteiger partial charge on any atom is 2.00 e. The molecule has 0 atom stereocenters. The van der Waals surface area contributed by atoms with E-state index in [9.17, 15) is 0 Å². The van der Waals surface area contributed by atoms with Gasteiger partial charge in [0.2, 0.25) is 0 Å². The number of hydrogen-bond acceptors (Lipinski definition) is 5. The summed E-state index contributed by atoms with van der Waals surface area (Å²) < 4.78 is 7.90. The molecule has 0 amide bonds. The molecule has 0 spiro atoms. The Hall–Kier alpha value is -3.09. The zero-order chi connectivity index (χ0) is 38.1. The van der Waals surface area contributed by atoms with Crippen LogP contribution >= 0.6 is 22.7 Å². The van der Waals surface area contributed by atoms with E-state index in [2.05, 4.69) is 151 Å². The fourth-order valence-electron chi connectivity index (χ4n) is 7.89. The molecular weight excluding hydrogens is 1130 g/mol. The number of hydrogen-bond donors (Lipinski definition) is 0. The van der Waals surface area contributed by atoms with E-state index in [-0.39, 0.29) is 21.1 Å². The van der Waals surface area contributed by atoms with Crippen LogP contribution in [0.3, 0.4) is 0 Å². The number of para-hydroxylation sites is 1. The average molecular weight is 1170 g/mol. The molecule has 0 aliphatic heterocycles. The maximum absolute atomic E-state index is 5.07. The SMILES string of the molecule is Cc1cccc(C)c1-c1cc2ccnc(-c3[c-]c(N(c4[c-]c(-c5nccc6cc(-c7c(C)cccc7C)sc56)[te]c4C)c4c(C)cccc4C)c(C)[te]3)c2s1.[Pt+2]. The van der Waals surface area contributed by atoms with Gasteiger partial charge >= 0.3 is 375 Å². The van der Waals surface area contributed by atoms with Gasteiger partial charge in [-0.1, -0.05) is 0 Å². The first-order valence-electron chi connectivity index (χ1n) is 18.4. The van der Waals surface area contributed by atoms with Crippen LogP contribution in [0.5, 0.6) is 0 Å². The first kappa shape index (κ1) is 39.7. The molecule has 0 saturated carbocycles. The van der Waals surface area contributed by atoms with Crippen LogP contribution < -0.4 is 4.90 Å². The normalized spacial score (nSPS) is 11.4. The van der Waals surface area contributed by atoms with Crippen molar-refractivity contribution in [3.8, 4) is 39.4 Å². The van der Waals surface area contributed by atoms with Crippen LogP contribution in [-0.2, 0) is 21.1 Å². The predicted octanol–water partition coefficient (Wildman–Crippen LogP) is 13.2. The Morgan fingerprint density at radius 1 is 0.518 bits per heavy atom. The molecule has 56 heavy (non-hydrogen) atoms. The molecule has 3 nitrogen and oxygen atoms in total. The first-order valence-corrected chi connectivity index (χ1v) is 24.7. The molecule has 8 heteroatoms. The van der Waals surface area contributed by atoms with Gasteiger partial charge in [-0.3, -0.25) is 0 Å². The average Bonchev–Trinajstić information content (AvgIpc) is 3.95. The van der Waals surface area contributed by atoms with E-state index in [0.717, 1.165) is 22.8 Å². The molecule has 9 aromatic rings. The van der Waals surface area contributed by atoms with E-state index in [0.29, 0.717) is 0 Å². The summed E-state index contributed by atoms with van der Waals surface area (Å²) in [4.78, 5) is 15.3. The monoisotopic (exact) mass is 1180 g/mol. The van der Waals surface area contributed by atoms with Crippen molar-refractivity contribution in [2.75, 3.05) is 4.90 Å². The van der Waals surface area contributed by atoms with Crippen molar-refractivity contribution in [2.45, 2.75) is 55.4 Å². The zero-order valence-electron chi connectivity index (χ0n) is 32.5. The van der Waals surface area contributed by atoms with E-state index in [1.165, 1.54) is 94.4 Å². The Bertz CT molecular complexity index is 2710. The number of aromatic nitrogens is 2. The quantitative estimate of drug-likeness (QED) is 0.118. The van der Waals surface area contributed by atoms with Crippen molar-refractivity contribution in [3.63, 3.8) is 0 Å². The molecule has 6 heterocycles. The molecule has 0 N–H and O–H groups in total. The van der Waals surface area contributed by atoms with Crippen LogP contribution in [0, 0.1) is 67.5 Å². The maximum atomic E-state index is 5.07. The third kappa shape index (κ3) is 6.97. The molecule has 9 rings (SSSR count). The van der Waals surface area contributed by atoms with Gasteiger partial charge in [0, 0.05) is 0 Å². The molecule has 0 fully saturated rings. The fraction of sp³-hybridized carbons (Fsp3) is 0.167. The van der Waals surface area contributed by atoms with Crippen LogP contribution in [0.4, 0.5) is 17.1 Å². The molecule has 0 saturated heterocycles. The van der Waals surface area contributed by atoms with Crippen molar-refractivity contribution < 1.29 is 21.1 Å². The van der Waals surface area contributed by atoms with E-state index in [1.54, 1.807) is 0 Å². The van der Waals surface area contributed by atoms with Crippen molar-refractivity contribution in [3.05, 3.63) is 144 Å². The third-order valence-corrected chi connectivity index (χ3v) is 18.6. The Kier molecular flexibility index (Phi) is 11.3. The minimum absolute atomic E-state index is 0. The number of anilines is 3. The van der Waals surface area contributed by atoms with Crippen molar-refractivity contribution in [1.82, 2.24) is 9.97 Å². The Morgan fingerprint density at radius 2 is 0.893 bits per heavy atom. The van der Waals surface area contributed by atoms with Crippen LogP contribution in [-0.4, -0.2) is 50.8 Å². The van der Waals surface area contributed by atoms with Gasteiger partial charge in [0.25, 0.3) is 0 Å². The van der Waals surface area contributed by atoms with Gasteiger partial charge in [0.05, 0.1) is 0 Å². The van der Waals surface area contributed by atoms with Crippen molar-refractivity contribution >= 4 is 101 Å². The fourth-order valence-corrected chi connectivity index (χ4v) is 16.3. The smallest absolute Gasteiger partial charge is 2.00 e. The van der Waals surface area contributed by atoms with Gasteiger partial charge in [-0.2, -0.15) is 0 Å². The second-order valence-electron chi connectivity index (χ2n) is 14.4. The molecule has 280 valence electrons. The summed E-state index contributed by atoms with van der Waals surface area (Å²) >= 11 is 2.29. The summed E-state index contributed by atoms with van der Waals surface area (Å²) in [6, 6.07) is 36.9. The van der Waals surface area contributed by atoms with Gasteiger partial charge < -0.3 is 0 Å². The minimum atomic E-state index is -0.724. The molecule has 6 aromatic heterocycles. The van der Waals surface area contributed by atoms with Gasteiger partial charge in [-0.15, -0.1) is 0 Å². The summed E-state index contributed by atoms with van der Waals surface area (Å²) in [5.74, 6) is 0. The van der Waals surface area contributed by atoms with Gasteiger partial charge in [0.1, 0.15) is 0 Å². The third-order valence-electron chi connectivity index (χ3n) is 10.5. The Balaban J connectivity index is 0.00000441. The second kappa shape index (κ2) is 15.9. The number of rotatable bonds is 7. The summed E-state index contributed by atoms with van der Waals surface area (Å²) in [5.41, 5.74) is 16.2. The molecule has 0 unspecified atom stereocenters. The number of benzene rings is 3. The summed E-state index contributed by atoms with van der Waals surface area (Å²) in [6.45, 7) is 18.0. The van der Waals surface area contributed by atoms with Crippen molar-refractivity contribution in [2.24, 2.45) is 0 Å². The van der Waals surface area contributed by atoms with Crippen LogP contribution in [0.1, 0.15) is 40.5 Å². The number of nitrogens with zero attached hydrogens (tertiary/aromatic N) is 3. The second-order valence-corrected chi connectivity index (χ2v) is 23.5. The molecule has 3 aromatic carbocycles. The zero-order valence-corrected chi connectivity index (χ0v) is 41.0. The van der Waals surface area contributed by atoms with Crippen LogP contribution in [0.15, 0.2) is 91.3 Å². The first-order chi connectivity index (χ1) is 26.6. The Morgan fingerprint density at radius 3 is 1.29 bits per heavy atom. The molecule has 0 aliphatic rings. The number of thiophene rings is 2. The maximum Gasteiger partial charge on any atom is 2.00 e. The molecule has 0 aliphatic carbocycles. The largest absolute Gasteiger partial charge is 2.00 e. The predicted molar refractivity (Wildman–Crippen MR) is 239 cm³/mol. The van der Waals surface area contributed by atoms with Gasteiger partial charge in [0.15, 0.2) is 0 Å². The van der Waals surface area contributed by atoms with Crippen LogP contribution in [0.25, 0.3) is 59.6 Å². The van der Waals surface area contributed by atoms with Gasteiger partial charge in [-0.25, -0.2) is 0 Å². The molecule has 0 bridgehead atoms. The van der Waals surface area contributed by atoms with E-state index >= 15 is 0 Å². The topological polar surface area (TPSA) is 29.0 Å². The van der Waals surface area contributed by atoms with Crippen molar-refractivity contribution in [1.29, 1.82) is 0 Å². The standard InChI is InChI=1S/C48H39N3S2Te2.Pt/c1-26-12-9-13-27(2)42(26)38-22-34-18-20-49-44(47(34)52-38)40-24-36(32(7)54-40)51(46-30(5)16-11-17-31(46)6)37-25-41(55-33(37)8)45-48-35(19-21-50-45)23-39(53-48)43-28(3)14-10-15-29(43)4;/h9-23H,1-8H3;/q-2;+2. The summed E-state index contributed by atoms with van der Waals surface area (Å²) in [7, 11) is 0. The summed E-state index contributed by atoms with van der Waals surface area (Å²) in [5, 5.41) is 2.51. The van der Waals surface area contributed by atoms with E-state index in [1.807, 2.05) is 35.1 Å². The molecular formula is C48H39N3PtS2Te2. The number of aryl methyl sites for hydroxylation is 8. The number of pyridine rings is 2. The summed E-state index contributed by atoms with van der Waals surface area (Å²) in [6.07, 6.45) is 3.97. The number of fused-ring (bicyclic) bond motifs is 2. The van der Waals surface area contributed by atoms with Gasteiger partial charge in [-0.05, 0) is 0 Å². The van der Waals surface area contributed by atoms with E-state index < -0.39 is 40.9 Å². The van der Waals surface area contributed by atoms with E-state index in [4.69, 9.17) is 9.97 Å². The Labute approximate surface area is 371 Å². The van der Waals surface area contributed by atoms with Crippen LogP contribution in [0.2, 0.25) is 0 Å². The molecule has 0 radical (unpaired) electrons.